The Kier molecular flexibility index (Phi) is 3.33. The van der Waals surface area contributed by atoms with Crippen LogP contribution in [-0.2, 0) is 4.74 Å². The van der Waals surface area contributed by atoms with E-state index in [4.69, 9.17) is 19.9 Å². The molecule has 0 saturated carbocycles. The van der Waals surface area contributed by atoms with Crippen molar-refractivity contribution in [3.63, 3.8) is 0 Å². The molecule has 0 bridgehead atoms. The van der Waals surface area contributed by atoms with Gasteiger partial charge in [0.2, 0.25) is 6.79 Å². The summed E-state index contributed by atoms with van der Waals surface area (Å²) < 4.78 is 15.5. The Balaban J connectivity index is 2.15. The van der Waals surface area contributed by atoms with Crippen molar-refractivity contribution >= 4 is 11.9 Å². The molecule has 1 aliphatic rings. The lowest BCUT2D eigenvalue weighted by Gasteiger charge is -2.17. The number of ether oxygens (including phenoxy) is 3. The third kappa shape index (κ3) is 3.37. The van der Waals surface area contributed by atoms with Crippen LogP contribution in [0.3, 0.4) is 0 Å². The van der Waals surface area contributed by atoms with Crippen LogP contribution in [-0.4, -0.2) is 24.3 Å². The largest absolute Gasteiger partial charge is 0.454 e. The van der Waals surface area contributed by atoms with E-state index in [0.29, 0.717) is 17.1 Å². The summed E-state index contributed by atoms with van der Waals surface area (Å²) in [6, 6.07) is 5.09. The van der Waals surface area contributed by atoms with Crippen molar-refractivity contribution < 1.29 is 19.0 Å². The van der Waals surface area contributed by atoms with E-state index >= 15 is 0 Å². The van der Waals surface area contributed by atoms with Crippen molar-refractivity contribution in [3.05, 3.63) is 23.8 Å². The second kappa shape index (κ2) is 4.79. The van der Waals surface area contributed by atoms with E-state index in [-0.39, 0.29) is 12.6 Å². The zero-order valence-corrected chi connectivity index (χ0v) is 11.1. The van der Waals surface area contributed by atoms with Crippen LogP contribution in [0.25, 0.3) is 0 Å². The molecule has 0 aromatic heterocycles. The normalized spacial score (nSPS) is 14.4. The Morgan fingerprint density at radius 3 is 2.68 bits per heavy atom. The van der Waals surface area contributed by atoms with Gasteiger partial charge in [0.15, 0.2) is 11.5 Å². The van der Waals surface area contributed by atoms with Gasteiger partial charge >= 0.3 is 6.09 Å². The average Bonchev–Trinajstić information content (AvgIpc) is 2.72. The topological polar surface area (TPSA) is 83.1 Å². The van der Waals surface area contributed by atoms with Crippen LogP contribution in [0.2, 0.25) is 0 Å². The number of nitrogens with zero attached hydrogens (tertiary/aromatic N) is 1. The molecule has 0 saturated heterocycles. The van der Waals surface area contributed by atoms with E-state index in [9.17, 15) is 4.79 Å². The molecule has 19 heavy (non-hydrogen) atoms. The minimum Gasteiger partial charge on any atom is -0.454 e. The van der Waals surface area contributed by atoms with Gasteiger partial charge < -0.3 is 19.9 Å². The smallest absolute Gasteiger partial charge is 0.436 e. The number of nitrogens with two attached hydrogens (primary N) is 1. The lowest BCUT2D eigenvalue weighted by molar-refractivity contribution is 0.0604. The monoisotopic (exact) mass is 264 g/mol. The number of rotatable bonds is 1. The summed E-state index contributed by atoms with van der Waals surface area (Å²) >= 11 is 0. The Hall–Kier alpha value is -2.24. The van der Waals surface area contributed by atoms with Gasteiger partial charge in [-0.25, -0.2) is 4.79 Å². The minimum atomic E-state index is -0.720. The van der Waals surface area contributed by atoms with Crippen LogP contribution in [0.5, 0.6) is 11.5 Å². The van der Waals surface area contributed by atoms with Crippen molar-refractivity contribution in [2.45, 2.75) is 26.4 Å². The predicted molar refractivity (Wildman–Crippen MR) is 69.5 cm³/mol. The molecule has 1 heterocycles. The van der Waals surface area contributed by atoms with Gasteiger partial charge in [-0.3, -0.25) is 0 Å². The zero-order valence-electron chi connectivity index (χ0n) is 11.1. The lowest BCUT2D eigenvalue weighted by atomic mass is 10.2. The summed E-state index contributed by atoms with van der Waals surface area (Å²) in [5, 5.41) is 0. The molecular formula is C13H16N2O4. The Bertz CT molecular complexity index is 532. The van der Waals surface area contributed by atoms with Gasteiger partial charge in [0.25, 0.3) is 0 Å². The van der Waals surface area contributed by atoms with Gasteiger partial charge in [-0.1, -0.05) is 0 Å². The average molecular weight is 264 g/mol. The molecule has 0 atom stereocenters. The van der Waals surface area contributed by atoms with Gasteiger partial charge in [-0.2, -0.15) is 4.99 Å². The number of amides is 1. The standard InChI is InChI=1S/C13H16N2O4/c1-13(2,3)19-12(16)15-11(14)8-4-5-9-10(6-8)18-7-17-9/h4-6H,7H2,1-3H3,(H2,14,15,16). The van der Waals surface area contributed by atoms with E-state index in [2.05, 4.69) is 4.99 Å². The maximum atomic E-state index is 11.5. The SMILES string of the molecule is CC(C)(C)OC(=O)/N=C(\N)c1ccc2c(c1)OCO2. The van der Waals surface area contributed by atoms with Crippen molar-refractivity contribution in [3.8, 4) is 11.5 Å². The summed E-state index contributed by atoms with van der Waals surface area (Å²) in [6.45, 7) is 5.47. The summed E-state index contributed by atoms with van der Waals surface area (Å²) in [7, 11) is 0. The van der Waals surface area contributed by atoms with Crippen molar-refractivity contribution in [1.29, 1.82) is 0 Å². The van der Waals surface area contributed by atoms with E-state index in [1.54, 1.807) is 39.0 Å². The van der Waals surface area contributed by atoms with Crippen molar-refractivity contribution in [1.82, 2.24) is 0 Å². The van der Waals surface area contributed by atoms with Crippen LogP contribution in [0.1, 0.15) is 26.3 Å². The van der Waals surface area contributed by atoms with Gasteiger partial charge in [-0.15, -0.1) is 0 Å². The minimum absolute atomic E-state index is 0.0764. The van der Waals surface area contributed by atoms with Gasteiger partial charge in [0, 0.05) is 5.56 Å². The molecule has 1 aromatic rings. The molecule has 0 radical (unpaired) electrons. The first-order chi connectivity index (χ1) is 8.85. The molecule has 2 rings (SSSR count). The van der Waals surface area contributed by atoms with Crippen LogP contribution in [0.4, 0.5) is 4.79 Å². The van der Waals surface area contributed by atoms with E-state index in [0.717, 1.165) is 0 Å². The summed E-state index contributed by atoms with van der Waals surface area (Å²) in [5.41, 5.74) is 5.74. The molecule has 2 N–H and O–H groups in total. The van der Waals surface area contributed by atoms with E-state index in [1.807, 2.05) is 0 Å². The lowest BCUT2D eigenvalue weighted by Crippen LogP contribution is -2.24. The fourth-order valence-electron chi connectivity index (χ4n) is 1.50. The highest BCUT2D eigenvalue weighted by molar-refractivity contribution is 6.03. The number of hydrogen-bond acceptors (Lipinski definition) is 4. The molecule has 102 valence electrons. The number of carbonyl (C=O) groups excluding carboxylic acids is 1. The van der Waals surface area contributed by atoms with Crippen molar-refractivity contribution in [2.75, 3.05) is 6.79 Å². The van der Waals surface area contributed by atoms with Crippen LogP contribution in [0, 0.1) is 0 Å². The molecule has 0 fully saturated rings. The maximum Gasteiger partial charge on any atom is 0.436 e. The highest BCUT2D eigenvalue weighted by Gasteiger charge is 2.17. The number of carbonyl (C=O) groups is 1. The van der Waals surface area contributed by atoms with Crippen LogP contribution in [0.15, 0.2) is 23.2 Å². The molecule has 6 nitrogen and oxygen atoms in total. The highest BCUT2D eigenvalue weighted by Crippen LogP contribution is 2.32. The van der Waals surface area contributed by atoms with Crippen LogP contribution >= 0.6 is 0 Å². The fourth-order valence-corrected chi connectivity index (χ4v) is 1.50. The Morgan fingerprint density at radius 2 is 2.00 bits per heavy atom. The first-order valence-electron chi connectivity index (χ1n) is 5.82. The van der Waals surface area contributed by atoms with E-state index in [1.165, 1.54) is 0 Å². The number of hydrogen-bond donors (Lipinski definition) is 1. The molecule has 0 spiro atoms. The quantitative estimate of drug-likeness (QED) is 0.620. The highest BCUT2D eigenvalue weighted by atomic mass is 16.7. The third-order valence-corrected chi connectivity index (χ3v) is 2.27. The molecule has 6 heteroatoms. The predicted octanol–water partition coefficient (Wildman–Crippen LogP) is 2.06. The van der Waals surface area contributed by atoms with Gasteiger partial charge in [-0.05, 0) is 39.0 Å². The first kappa shape index (κ1) is 13.2. The number of amidine groups is 1. The van der Waals surface area contributed by atoms with E-state index < -0.39 is 11.7 Å². The molecular weight excluding hydrogens is 248 g/mol. The summed E-state index contributed by atoms with van der Waals surface area (Å²) in [5.74, 6) is 1.31. The molecule has 1 aliphatic heterocycles. The number of aliphatic imine (C=N–C) groups is 1. The second-order valence-corrected chi connectivity index (χ2v) is 5.05. The summed E-state index contributed by atoms with van der Waals surface area (Å²) in [6.07, 6.45) is -0.720. The molecule has 0 unspecified atom stereocenters. The zero-order chi connectivity index (χ0) is 14.0. The van der Waals surface area contributed by atoms with Gasteiger partial charge in [0.1, 0.15) is 11.4 Å². The molecule has 1 aromatic carbocycles. The van der Waals surface area contributed by atoms with Crippen molar-refractivity contribution in [2.24, 2.45) is 10.7 Å². The van der Waals surface area contributed by atoms with Gasteiger partial charge in [0.05, 0.1) is 0 Å². The maximum absolute atomic E-state index is 11.5. The Morgan fingerprint density at radius 1 is 1.32 bits per heavy atom. The fraction of sp³-hybridized carbons (Fsp3) is 0.385. The molecule has 1 amide bonds. The number of benzene rings is 1. The molecule has 0 aliphatic carbocycles. The van der Waals surface area contributed by atoms with Crippen LogP contribution < -0.4 is 15.2 Å². The summed E-state index contributed by atoms with van der Waals surface area (Å²) in [4.78, 5) is 15.2. The Labute approximate surface area is 111 Å². The first-order valence-corrected chi connectivity index (χ1v) is 5.82. The third-order valence-electron chi connectivity index (χ3n) is 2.27. The second-order valence-electron chi connectivity index (χ2n) is 5.05. The number of fused-ring (bicyclic) bond motifs is 1.